The lowest BCUT2D eigenvalue weighted by atomic mass is 9.99. The SMILES string of the molecule is CCOC(=O)n1cc(C2=CCNCC2)c2cc(-c3nccs3)ccc21. The van der Waals surface area contributed by atoms with E-state index in [1.807, 2.05) is 36.8 Å². The van der Waals surface area contributed by atoms with Crippen LogP contribution < -0.4 is 5.32 Å². The van der Waals surface area contributed by atoms with E-state index in [0.29, 0.717) is 6.61 Å². The number of thiazole rings is 1. The van der Waals surface area contributed by atoms with Gasteiger partial charge in [-0.25, -0.2) is 9.78 Å². The lowest BCUT2D eigenvalue weighted by Crippen LogP contribution is -2.20. The zero-order valence-electron chi connectivity index (χ0n) is 14.0. The molecule has 25 heavy (non-hydrogen) atoms. The summed E-state index contributed by atoms with van der Waals surface area (Å²) in [5, 5.41) is 7.35. The molecule has 0 saturated heterocycles. The summed E-state index contributed by atoms with van der Waals surface area (Å²) in [6, 6.07) is 6.12. The van der Waals surface area contributed by atoms with E-state index in [2.05, 4.69) is 22.4 Å². The molecular weight excluding hydrogens is 334 g/mol. The predicted molar refractivity (Wildman–Crippen MR) is 101 cm³/mol. The van der Waals surface area contributed by atoms with Crippen molar-refractivity contribution in [1.82, 2.24) is 14.9 Å². The van der Waals surface area contributed by atoms with Crippen LogP contribution in [0.4, 0.5) is 4.79 Å². The molecule has 0 saturated carbocycles. The molecule has 1 N–H and O–H groups in total. The highest BCUT2D eigenvalue weighted by Gasteiger charge is 2.18. The Morgan fingerprint density at radius 1 is 1.44 bits per heavy atom. The Balaban J connectivity index is 1.90. The van der Waals surface area contributed by atoms with Gasteiger partial charge in [-0.2, -0.15) is 0 Å². The molecule has 1 aliphatic heterocycles. The van der Waals surface area contributed by atoms with Crippen molar-refractivity contribution >= 4 is 33.9 Å². The minimum absolute atomic E-state index is 0.338. The number of benzene rings is 1. The molecule has 128 valence electrons. The van der Waals surface area contributed by atoms with E-state index in [1.165, 1.54) is 5.57 Å². The van der Waals surface area contributed by atoms with Gasteiger partial charge in [-0.1, -0.05) is 6.08 Å². The Morgan fingerprint density at radius 2 is 2.36 bits per heavy atom. The van der Waals surface area contributed by atoms with Crippen molar-refractivity contribution in [3.63, 3.8) is 0 Å². The van der Waals surface area contributed by atoms with Crippen molar-refractivity contribution in [1.29, 1.82) is 0 Å². The maximum absolute atomic E-state index is 12.4. The molecule has 0 spiro atoms. The zero-order chi connectivity index (χ0) is 17.2. The summed E-state index contributed by atoms with van der Waals surface area (Å²) in [6.07, 6.45) is 6.53. The van der Waals surface area contributed by atoms with Gasteiger partial charge in [0.1, 0.15) is 5.01 Å². The number of nitrogens with one attached hydrogen (secondary N) is 1. The second-order valence-corrected chi connectivity index (χ2v) is 6.76. The Morgan fingerprint density at radius 3 is 3.08 bits per heavy atom. The average molecular weight is 353 g/mol. The monoisotopic (exact) mass is 353 g/mol. The van der Waals surface area contributed by atoms with Crippen molar-refractivity contribution in [2.24, 2.45) is 0 Å². The van der Waals surface area contributed by atoms with E-state index in [1.54, 1.807) is 15.9 Å². The number of hydrogen-bond acceptors (Lipinski definition) is 5. The number of rotatable bonds is 3. The van der Waals surface area contributed by atoms with E-state index in [-0.39, 0.29) is 6.09 Å². The minimum Gasteiger partial charge on any atom is -0.449 e. The Hall–Kier alpha value is -2.44. The molecule has 3 aromatic rings. The van der Waals surface area contributed by atoms with Crippen molar-refractivity contribution in [2.45, 2.75) is 13.3 Å². The van der Waals surface area contributed by atoms with Crippen molar-refractivity contribution in [3.8, 4) is 10.6 Å². The van der Waals surface area contributed by atoms with Gasteiger partial charge in [0, 0.05) is 40.8 Å². The third-order valence-corrected chi connectivity index (χ3v) is 5.18. The maximum atomic E-state index is 12.4. The van der Waals surface area contributed by atoms with Crippen LogP contribution in [0.3, 0.4) is 0 Å². The molecular formula is C19H19N3O2S. The first-order valence-electron chi connectivity index (χ1n) is 8.40. The molecule has 4 rings (SSSR count). The van der Waals surface area contributed by atoms with Gasteiger partial charge in [0.2, 0.25) is 0 Å². The van der Waals surface area contributed by atoms with Crippen molar-refractivity contribution in [2.75, 3.05) is 19.7 Å². The van der Waals surface area contributed by atoms with Crippen LogP contribution in [0.2, 0.25) is 0 Å². The molecule has 3 heterocycles. The summed E-state index contributed by atoms with van der Waals surface area (Å²) < 4.78 is 6.83. The standard InChI is InChI=1S/C19H19N3O2S/c1-2-24-19(23)22-12-16(13-5-7-20-8-6-13)15-11-14(3-4-17(15)22)18-21-9-10-25-18/h3-5,9-12,20H,2,6-8H2,1H3. The van der Waals surface area contributed by atoms with Crippen LogP contribution in [0.25, 0.3) is 27.0 Å². The fraction of sp³-hybridized carbons (Fsp3) is 0.263. The third kappa shape index (κ3) is 2.99. The summed E-state index contributed by atoms with van der Waals surface area (Å²) in [4.78, 5) is 16.8. The highest BCUT2D eigenvalue weighted by atomic mass is 32.1. The van der Waals surface area contributed by atoms with Crippen molar-refractivity contribution < 1.29 is 9.53 Å². The van der Waals surface area contributed by atoms with Gasteiger partial charge >= 0.3 is 6.09 Å². The summed E-state index contributed by atoms with van der Waals surface area (Å²) >= 11 is 1.61. The predicted octanol–water partition coefficient (Wildman–Crippen LogP) is 4.15. The molecule has 0 unspecified atom stereocenters. The van der Waals surface area contributed by atoms with E-state index in [0.717, 1.165) is 46.5 Å². The number of fused-ring (bicyclic) bond motifs is 1. The van der Waals surface area contributed by atoms with Crippen LogP contribution in [-0.4, -0.2) is 35.3 Å². The number of nitrogens with zero attached hydrogens (tertiary/aromatic N) is 2. The number of ether oxygens (including phenoxy) is 1. The van der Waals surface area contributed by atoms with Crippen LogP contribution in [0, 0.1) is 0 Å². The summed E-state index contributed by atoms with van der Waals surface area (Å²) in [6.45, 7) is 3.98. The number of aromatic nitrogens is 2. The second-order valence-electron chi connectivity index (χ2n) is 5.86. The lowest BCUT2D eigenvalue weighted by molar-refractivity contribution is 0.155. The highest BCUT2D eigenvalue weighted by Crippen LogP contribution is 2.33. The van der Waals surface area contributed by atoms with Crippen molar-refractivity contribution in [3.05, 3.63) is 47.6 Å². The van der Waals surface area contributed by atoms with Crippen LogP contribution in [0.5, 0.6) is 0 Å². The molecule has 1 aliphatic rings. The van der Waals surface area contributed by atoms with Crippen LogP contribution in [-0.2, 0) is 4.74 Å². The first-order valence-corrected chi connectivity index (χ1v) is 9.28. The number of carbonyl (C=O) groups excluding carboxylic acids is 1. The summed E-state index contributed by atoms with van der Waals surface area (Å²) in [5.74, 6) is 0. The van der Waals surface area contributed by atoms with Crippen LogP contribution in [0.15, 0.2) is 42.0 Å². The quantitative estimate of drug-likeness (QED) is 0.769. The molecule has 0 fully saturated rings. The Kier molecular flexibility index (Phi) is 4.38. The fourth-order valence-electron chi connectivity index (χ4n) is 3.20. The lowest BCUT2D eigenvalue weighted by Gasteiger charge is -2.13. The first-order chi connectivity index (χ1) is 12.3. The topological polar surface area (TPSA) is 56.1 Å². The number of hydrogen-bond donors (Lipinski definition) is 1. The zero-order valence-corrected chi connectivity index (χ0v) is 14.8. The summed E-state index contributed by atoms with van der Waals surface area (Å²) in [5.41, 5.74) is 4.30. The maximum Gasteiger partial charge on any atom is 0.418 e. The molecule has 5 nitrogen and oxygen atoms in total. The fourth-order valence-corrected chi connectivity index (χ4v) is 3.83. The highest BCUT2D eigenvalue weighted by molar-refractivity contribution is 7.13. The third-order valence-electron chi connectivity index (χ3n) is 4.36. The smallest absolute Gasteiger partial charge is 0.418 e. The molecule has 2 aromatic heterocycles. The van der Waals surface area contributed by atoms with E-state index in [4.69, 9.17) is 4.74 Å². The van der Waals surface area contributed by atoms with Gasteiger partial charge in [-0.3, -0.25) is 4.57 Å². The van der Waals surface area contributed by atoms with E-state index < -0.39 is 0 Å². The second kappa shape index (κ2) is 6.82. The normalized spacial score (nSPS) is 14.5. The van der Waals surface area contributed by atoms with Gasteiger partial charge in [0.25, 0.3) is 0 Å². The van der Waals surface area contributed by atoms with Gasteiger partial charge in [0.05, 0.1) is 12.1 Å². The molecule has 0 aliphatic carbocycles. The Bertz CT molecular complexity index is 941. The molecule has 0 amide bonds. The largest absolute Gasteiger partial charge is 0.449 e. The molecule has 0 bridgehead atoms. The van der Waals surface area contributed by atoms with Gasteiger partial charge in [0.15, 0.2) is 0 Å². The van der Waals surface area contributed by atoms with E-state index in [9.17, 15) is 4.79 Å². The number of carbonyl (C=O) groups is 1. The minimum atomic E-state index is -0.338. The first kappa shape index (κ1) is 16.1. The van der Waals surface area contributed by atoms with E-state index >= 15 is 0 Å². The molecule has 0 atom stereocenters. The summed E-state index contributed by atoms with van der Waals surface area (Å²) in [7, 11) is 0. The molecule has 1 aromatic carbocycles. The van der Waals surface area contributed by atoms with Gasteiger partial charge in [-0.15, -0.1) is 11.3 Å². The van der Waals surface area contributed by atoms with Crippen LogP contribution >= 0.6 is 11.3 Å². The molecule has 6 heteroatoms. The van der Waals surface area contributed by atoms with Gasteiger partial charge in [-0.05, 0) is 43.7 Å². The average Bonchev–Trinajstić information content (AvgIpc) is 3.30. The molecule has 0 radical (unpaired) electrons. The van der Waals surface area contributed by atoms with Crippen LogP contribution in [0.1, 0.15) is 18.9 Å². The van der Waals surface area contributed by atoms with Gasteiger partial charge < -0.3 is 10.1 Å². The Labute approximate surface area is 149 Å².